The lowest BCUT2D eigenvalue weighted by Crippen LogP contribution is -2.65. The van der Waals surface area contributed by atoms with Gasteiger partial charge in [0.05, 0.1) is 43.9 Å². The Morgan fingerprint density at radius 2 is 0.891 bits per heavy atom. The van der Waals surface area contributed by atoms with Crippen molar-refractivity contribution in [1.29, 1.82) is 0 Å². The van der Waals surface area contributed by atoms with Gasteiger partial charge in [0.2, 0.25) is 0 Å². The fourth-order valence-corrected chi connectivity index (χ4v) is 7.21. The van der Waals surface area contributed by atoms with Gasteiger partial charge in [-0.2, -0.15) is 0 Å². The van der Waals surface area contributed by atoms with Crippen LogP contribution in [0.3, 0.4) is 0 Å². The van der Waals surface area contributed by atoms with Crippen molar-refractivity contribution in [3.63, 3.8) is 0 Å². The van der Waals surface area contributed by atoms with Crippen LogP contribution in [0.15, 0.2) is 0 Å². The molecule has 4 aliphatic rings. The summed E-state index contributed by atoms with van der Waals surface area (Å²) in [7, 11) is 1.20. The van der Waals surface area contributed by atoms with E-state index in [0.717, 1.165) is 0 Å². The fraction of sp³-hybridized carbons (Fsp3) is 1.00. The zero-order valence-electron chi connectivity index (χ0n) is 24.5. The fourth-order valence-electron chi connectivity index (χ4n) is 5.73. The molecule has 0 saturated carbocycles. The van der Waals surface area contributed by atoms with Crippen molar-refractivity contribution in [2.24, 2.45) is 0 Å². The molecule has 46 heavy (non-hydrogen) atoms. The average Bonchev–Trinajstić information content (AvgIpc) is 3.05. The second-order valence-electron chi connectivity index (χ2n) is 11.4. The molecule has 0 spiro atoms. The zero-order chi connectivity index (χ0) is 34.0. The Labute approximate surface area is 266 Å². The predicted molar refractivity (Wildman–Crippen MR) is 145 cm³/mol. The van der Waals surface area contributed by atoms with E-state index in [4.69, 9.17) is 33.2 Å². The largest absolute Gasteiger partial charge is 0.394 e. The molecule has 13 N–H and O–H groups in total. The predicted octanol–water partition coefficient (Wildman–Crippen LogP) is -8.38. The molecule has 0 aromatic rings. The van der Waals surface area contributed by atoms with Crippen LogP contribution in [0.4, 0.5) is 0 Å². The maximum Gasteiger partial charge on any atom is 0.187 e. The number of hydrogen-bond acceptors (Lipinski definition) is 21. The Morgan fingerprint density at radius 3 is 1.41 bits per heavy atom. The average molecular weight is 697 g/mol. The maximum atomic E-state index is 11.0. The monoisotopic (exact) mass is 696 g/mol. The van der Waals surface area contributed by atoms with E-state index >= 15 is 0 Å². The highest BCUT2D eigenvalue weighted by molar-refractivity contribution is 8.00. The van der Waals surface area contributed by atoms with Gasteiger partial charge in [-0.05, 0) is 0 Å². The van der Waals surface area contributed by atoms with Gasteiger partial charge in [0, 0.05) is 7.11 Å². The highest BCUT2D eigenvalue weighted by Crippen LogP contribution is 2.40. The van der Waals surface area contributed by atoms with Crippen LogP contribution in [-0.2, 0) is 33.2 Å². The van der Waals surface area contributed by atoms with Crippen LogP contribution in [0, 0.1) is 0 Å². The molecule has 0 aromatic heterocycles. The molecule has 4 fully saturated rings. The molecule has 20 nitrogen and oxygen atoms in total. The summed E-state index contributed by atoms with van der Waals surface area (Å²) in [5.74, 6) is 0. The summed E-state index contributed by atoms with van der Waals surface area (Å²) in [6.45, 7) is -3.06. The lowest BCUT2D eigenvalue weighted by atomic mass is 9.97. The van der Waals surface area contributed by atoms with Crippen molar-refractivity contribution in [3.05, 3.63) is 0 Å². The molecule has 0 aromatic carbocycles. The van der Waals surface area contributed by atoms with Crippen LogP contribution in [0.2, 0.25) is 0 Å². The van der Waals surface area contributed by atoms with Gasteiger partial charge in [0.1, 0.15) is 84.8 Å². The van der Waals surface area contributed by atoms with Crippen LogP contribution in [0.25, 0.3) is 0 Å². The number of aliphatic hydroxyl groups is 13. The van der Waals surface area contributed by atoms with Gasteiger partial charge >= 0.3 is 0 Å². The summed E-state index contributed by atoms with van der Waals surface area (Å²) in [5.41, 5.74) is -1.45. The van der Waals surface area contributed by atoms with Gasteiger partial charge < -0.3 is 99.5 Å². The standard InChI is InChI=1S/C25H44O20S/c1-39-22-16(36)12(32)19(7(3-27)41-22)44-24-17(37)14(34)21(9(5-29)42-24)46-25-18(38)13(33)20(8(4-28)43-25)45-23-15(35)11(31)10(30)6(2-26)40-23/h6-38H,2-5H2,1H3. The Kier molecular flexibility index (Phi) is 13.8. The van der Waals surface area contributed by atoms with Crippen molar-refractivity contribution in [2.45, 2.75) is 121 Å². The van der Waals surface area contributed by atoms with E-state index in [1.54, 1.807) is 0 Å². The molecule has 0 amide bonds. The Bertz CT molecular complexity index is 932. The van der Waals surface area contributed by atoms with Crippen molar-refractivity contribution in [1.82, 2.24) is 0 Å². The van der Waals surface area contributed by atoms with Gasteiger partial charge in [-0.15, -0.1) is 11.8 Å². The van der Waals surface area contributed by atoms with E-state index in [0.29, 0.717) is 11.8 Å². The van der Waals surface area contributed by atoms with Crippen LogP contribution >= 0.6 is 11.8 Å². The van der Waals surface area contributed by atoms with Gasteiger partial charge in [-0.25, -0.2) is 0 Å². The van der Waals surface area contributed by atoms with Crippen LogP contribution in [0.5, 0.6) is 0 Å². The minimum Gasteiger partial charge on any atom is -0.394 e. The Hall–Kier alpha value is -0.450. The molecule has 4 rings (SSSR count). The minimum atomic E-state index is -1.87. The Balaban J connectivity index is 1.43. The van der Waals surface area contributed by atoms with Crippen LogP contribution in [-0.4, -0.2) is 221 Å². The van der Waals surface area contributed by atoms with Crippen molar-refractivity contribution in [2.75, 3.05) is 33.5 Å². The molecule has 0 bridgehead atoms. The minimum absolute atomic E-state index is 0.621. The maximum absolute atomic E-state index is 11.0. The molecule has 4 heterocycles. The van der Waals surface area contributed by atoms with E-state index in [2.05, 4.69) is 0 Å². The van der Waals surface area contributed by atoms with E-state index in [-0.39, 0.29) is 0 Å². The van der Waals surface area contributed by atoms with Crippen LogP contribution < -0.4 is 0 Å². The smallest absolute Gasteiger partial charge is 0.187 e. The van der Waals surface area contributed by atoms with Crippen molar-refractivity contribution < 1.29 is 99.5 Å². The summed E-state index contributed by atoms with van der Waals surface area (Å²) in [4.78, 5) is 0. The first kappa shape index (κ1) is 38.4. The topological polar surface area (TPSA) is 328 Å². The highest BCUT2D eigenvalue weighted by atomic mass is 32.2. The molecule has 20 unspecified atom stereocenters. The lowest BCUT2D eigenvalue weighted by Gasteiger charge is -2.49. The second kappa shape index (κ2) is 16.5. The number of rotatable bonds is 11. The molecule has 4 aliphatic heterocycles. The molecular formula is C25H44O20S. The molecule has 0 radical (unpaired) electrons. The number of methoxy groups -OCH3 is 1. The van der Waals surface area contributed by atoms with Gasteiger partial charge in [0.25, 0.3) is 0 Å². The number of aliphatic hydroxyl groups excluding tert-OH is 13. The number of ether oxygens (including phenoxy) is 7. The summed E-state index contributed by atoms with van der Waals surface area (Å²) in [6, 6.07) is 0. The molecule has 270 valence electrons. The summed E-state index contributed by atoms with van der Waals surface area (Å²) < 4.78 is 38.1. The van der Waals surface area contributed by atoms with E-state index in [9.17, 15) is 66.4 Å². The quantitative estimate of drug-likeness (QED) is 0.0953. The SMILES string of the molecule is COC1OC(CO)C(OC2OC(CO)C(SC3OC(CO)C(OC4OC(CO)C(O)C(O)C4O)C(O)C3O)C(O)C2O)C(O)C1O. The van der Waals surface area contributed by atoms with Crippen LogP contribution in [0.1, 0.15) is 0 Å². The third kappa shape index (κ3) is 7.65. The first-order valence-electron chi connectivity index (χ1n) is 14.5. The number of thioether (sulfide) groups is 1. The van der Waals surface area contributed by atoms with Gasteiger partial charge in [-0.3, -0.25) is 0 Å². The molecule has 4 saturated heterocycles. The first-order valence-corrected chi connectivity index (χ1v) is 15.4. The van der Waals surface area contributed by atoms with Crippen molar-refractivity contribution in [3.8, 4) is 0 Å². The van der Waals surface area contributed by atoms with Crippen molar-refractivity contribution >= 4 is 11.8 Å². The Morgan fingerprint density at radius 1 is 0.457 bits per heavy atom. The summed E-state index contributed by atoms with van der Waals surface area (Å²) in [5, 5.41) is 133. The second-order valence-corrected chi connectivity index (χ2v) is 12.6. The zero-order valence-corrected chi connectivity index (χ0v) is 25.3. The van der Waals surface area contributed by atoms with E-state index in [1.807, 2.05) is 0 Å². The summed E-state index contributed by atoms with van der Waals surface area (Å²) >= 11 is 0.621. The lowest BCUT2D eigenvalue weighted by molar-refractivity contribution is -0.346. The molecular weight excluding hydrogens is 652 g/mol. The third-order valence-corrected chi connectivity index (χ3v) is 9.97. The highest BCUT2D eigenvalue weighted by Gasteiger charge is 2.54. The molecule has 21 heteroatoms. The normalized spacial score (nSPS) is 52.0. The first-order chi connectivity index (χ1) is 21.8. The molecule has 20 atom stereocenters. The summed E-state index contributed by atoms with van der Waals surface area (Å²) in [6.07, 6.45) is -29.1. The van der Waals surface area contributed by atoms with Gasteiger partial charge in [-0.1, -0.05) is 0 Å². The molecule has 0 aliphatic carbocycles. The van der Waals surface area contributed by atoms with E-state index in [1.165, 1.54) is 7.11 Å². The van der Waals surface area contributed by atoms with Gasteiger partial charge in [0.15, 0.2) is 18.9 Å². The number of hydrogen-bond donors (Lipinski definition) is 13. The van der Waals surface area contributed by atoms with E-state index < -0.39 is 148 Å². The third-order valence-electron chi connectivity index (χ3n) is 8.42.